The number of nitrogens with zero attached hydrogens (tertiary/aromatic N) is 2. The number of nitrogens with one attached hydrogen (secondary N) is 2. The summed E-state index contributed by atoms with van der Waals surface area (Å²) < 4.78 is 25.8. The minimum Gasteiger partial charge on any atom is -0.353 e. The van der Waals surface area contributed by atoms with Crippen LogP contribution in [0.1, 0.15) is 26.2 Å². The number of H-pyrrole nitrogens is 1. The Morgan fingerprint density at radius 1 is 1.53 bits per heavy atom. The van der Waals surface area contributed by atoms with Crippen LogP contribution in [0.25, 0.3) is 0 Å². The van der Waals surface area contributed by atoms with E-state index in [2.05, 4.69) is 15.3 Å². The lowest BCUT2D eigenvalue weighted by Crippen LogP contribution is -2.46. The predicted octanol–water partition coefficient (Wildman–Crippen LogP) is 0.0890. The van der Waals surface area contributed by atoms with Crippen LogP contribution in [-0.4, -0.2) is 47.7 Å². The number of imidazole rings is 1. The predicted molar refractivity (Wildman–Crippen MR) is 68.8 cm³/mol. The molecule has 1 amide bonds. The van der Waals surface area contributed by atoms with Crippen LogP contribution in [0.4, 0.5) is 0 Å². The van der Waals surface area contributed by atoms with Gasteiger partial charge < -0.3 is 10.3 Å². The van der Waals surface area contributed by atoms with E-state index < -0.39 is 10.0 Å². The number of hydrogen-bond acceptors (Lipinski definition) is 4. The quantitative estimate of drug-likeness (QED) is 0.820. The van der Waals surface area contributed by atoms with Crippen molar-refractivity contribution in [2.75, 3.05) is 13.1 Å². The van der Waals surface area contributed by atoms with E-state index in [0.717, 1.165) is 0 Å². The fourth-order valence-electron chi connectivity index (χ4n) is 2.09. The Morgan fingerprint density at radius 3 is 2.74 bits per heavy atom. The molecule has 1 saturated heterocycles. The van der Waals surface area contributed by atoms with Crippen LogP contribution >= 0.6 is 0 Å². The minimum absolute atomic E-state index is 0.00914. The SMILES string of the molecule is CCC(=O)NC1CCN(S(=O)(=O)c2cnc[nH]2)CC1. The van der Waals surface area contributed by atoms with Gasteiger partial charge in [-0.1, -0.05) is 6.92 Å². The second kappa shape index (κ2) is 5.70. The number of aromatic amines is 1. The molecule has 0 spiro atoms. The molecule has 2 heterocycles. The third kappa shape index (κ3) is 3.13. The molecule has 0 atom stereocenters. The maximum Gasteiger partial charge on any atom is 0.260 e. The summed E-state index contributed by atoms with van der Waals surface area (Å²) in [5.74, 6) is 0.00914. The smallest absolute Gasteiger partial charge is 0.260 e. The van der Waals surface area contributed by atoms with Gasteiger partial charge in [0.1, 0.15) is 0 Å². The van der Waals surface area contributed by atoms with Gasteiger partial charge in [0.15, 0.2) is 5.03 Å². The molecule has 7 nitrogen and oxygen atoms in total. The van der Waals surface area contributed by atoms with E-state index >= 15 is 0 Å². The lowest BCUT2D eigenvalue weighted by molar-refractivity contribution is -0.121. The van der Waals surface area contributed by atoms with Crippen molar-refractivity contribution < 1.29 is 13.2 Å². The lowest BCUT2D eigenvalue weighted by atomic mass is 10.1. The fraction of sp³-hybridized carbons (Fsp3) is 0.636. The molecule has 1 aromatic rings. The Morgan fingerprint density at radius 2 is 2.21 bits per heavy atom. The first-order valence-corrected chi connectivity index (χ1v) is 7.76. The van der Waals surface area contributed by atoms with Crippen molar-refractivity contribution in [2.45, 2.75) is 37.3 Å². The summed E-state index contributed by atoms with van der Waals surface area (Å²) >= 11 is 0. The van der Waals surface area contributed by atoms with Crippen molar-refractivity contribution in [3.8, 4) is 0 Å². The summed E-state index contributed by atoms with van der Waals surface area (Å²) in [7, 11) is -3.47. The van der Waals surface area contributed by atoms with Gasteiger partial charge in [-0.05, 0) is 12.8 Å². The van der Waals surface area contributed by atoms with E-state index in [4.69, 9.17) is 0 Å². The monoisotopic (exact) mass is 286 g/mol. The summed E-state index contributed by atoms with van der Waals surface area (Å²) in [5, 5.41) is 3.01. The molecule has 106 valence electrons. The summed E-state index contributed by atoms with van der Waals surface area (Å²) in [6.45, 7) is 2.62. The first-order valence-electron chi connectivity index (χ1n) is 6.32. The van der Waals surface area contributed by atoms with E-state index in [1.54, 1.807) is 6.92 Å². The molecule has 0 unspecified atom stereocenters. The number of hydrogen-bond donors (Lipinski definition) is 2. The summed E-state index contributed by atoms with van der Waals surface area (Å²) in [5.41, 5.74) is 0. The van der Waals surface area contributed by atoms with Crippen LogP contribution in [-0.2, 0) is 14.8 Å². The van der Waals surface area contributed by atoms with Crippen LogP contribution < -0.4 is 5.32 Å². The van der Waals surface area contributed by atoms with E-state index in [-0.39, 0.29) is 17.0 Å². The molecule has 1 aliphatic rings. The van der Waals surface area contributed by atoms with Gasteiger partial charge in [-0.3, -0.25) is 4.79 Å². The molecule has 8 heteroatoms. The van der Waals surface area contributed by atoms with Gasteiger partial charge in [-0.25, -0.2) is 13.4 Å². The molecule has 1 fully saturated rings. The highest BCUT2D eigenvalue weighted by Gasteiger charge is 2.30. The molecular weight excluding hydrogens is 268 g/mol. The maximum atomic E-state index is 12.2. The number of carbonyl (C=O) groups is 1. The van der Waals surface area contributed by atoms with Crippen LogP contribution in [0.2, 0.25) is 0 Å². The van der Waals surface area contributed by atoms with Crippen LogP contribution in [0.5, 0.6) is 0 Å². The van der Waals surface area contributed by atoms with Crippen molar-refractivity contribution in [1.82, 2.24) is 19.6 Å². The molecule has 2 N–H and O–H groups in total. The zero-order chi connectivity index (χ0) is 13.9. The van der Waals surface area contributed by atoms with Gasteiger partial charge in [0.25, 0.3) is 10.0 Å². The molecule has 0 aliphatic carbocycles. The van der Waals surface area contributed by atoms with Gasteiger partial charge in [0, 0.05) is 25.6 Å². The summed E-state index contributed by atoms with van der Waals surface area (Å²) in [4.78, 5) is 17.6. The van der Waals surface area contributed by atoms with E-state index in [1.165, 1.54) is 16.8 Å². The minimum atomic E-state index is -3.47. The van der Waals surface area contributed by atoms with Crippen LogP contribution in [0.3, 0.4) is 0 Å². The summed E-state index contributed by atoms with van der Waals surface area (Å²) in [6.07, 6.45) is 4.38. The number of rotatable bonds is 4. The maximum absolute atomic E-state index is 12.2. The van der Waals surface area contributed by atoms with Crippen LogP contribution in [0, 0.1) is 0 Å². The van der Waals surface area contributed by atoms with Gasteiger partial charge in [0.2, 0.25) is 5.91 Å². The topological polar surface area (TPSA) is 95.2 Å². The van der Waals surface area contributed by atoms with Gasteiger partial charge in [0.05, 0.1) is 12.5 Å². The number of aromatic nitrogens is 2. The number of piperidine rings is 1. The molecule has 0 radical (unpaired) electrons. The standard InChI is InChI=1S/C11H18N4O3S/c1-2-10(16)14-9-3-5-15(6-4-9)19(17,18)11-7-12-8-13-11/h7-9H,2-6H2,1H3,(H,12,13)(H,14,16). The molecule has 1 aromatic heterocycles. The second-order valence-electron chi connectivity index (χ2n) is 4.52. The molecule has 19 heavy (non-hydrogen) atoms. The van der Waals surface area contributed by atoms with E-state index in [9.17, 15) is 13.2 Å². The largest absolute Gasteiger partial charge is 0.353 e. The Labute approximate surface area is 112 Å². The van der Waals surface area contributed by atoms with Gasteiger partial charge in [-0.2, -0.15) is 4.31 Å². The third-order valence-corrected chi connectivity index (χ3v) is 5.06. The number of amides is 1. The van der Waals surface area contributed by atoms with Crippen LogP contribution in [0.15, 0.2) is 17.6 Å². The summed E-state index contributed by atoms with van der Waals surface area (Å²) in [6, 6.07) is 0.0701. The average molecular weight is 286 g/mol. The second-order valence-corrected chi connectivity index (χ2v) is 6.42. The highest BCUT2D eigenvalue weighted by atomic mass is 32.2. The highest BCUT2D eigenvalue weighted by molar-refractivity contribution is 7.89. The highest BCUT2D eigenvalue weighted by Crippen LogP contribution is 2.18. The Bertz CT molecular complexity index is 518. The molecular formula is C11H18N4O3S. The van der Waals surface area contributed by atoms with E-state index in [1.807, 2.05) is 0 Å². The number of sulfonamides is 1. The van der Waals surface area contributed by atoms with Crippen molar-refractivity contribution in [3.63, 3.8) is 0 Å². The lowest BCUT2D eigenvalue weighted by Gasteiger charge is -2.31. The van der Waals surface area contributed by atoms with Crippen molar-refractivity contribution >= 4 is 15.9 Å². The Balaban J connectivity index is 1.95. The van der Waals surface area contributed by atoms with Crippen molar-refractivity contribution in [3.05, 3.63) is 12.5 Å². The average Bonchev–Trinajstić information content (AvgIpc) is 2.94. The fourth-order valence-corrected chi connectivity index (χ4v) is 3.46. The molecule has 0 bridgehead atoms. The third-order valence-electron chi connectivity index (χ3n) is 3.23. The normalized spacial score (nSPS) is 18.4. The van der Waals surface area contributed by atoms with Crippen molar-refractivity contribution in [2.24, 2.45) is 0 Å². The first kappa shape index (κ1) is 14.0. The first-order chi connectivity index (χ1) is 9.04. The van der Waals surface area contributed by atoms with Crippen molar-refractivity contribution in [1.29, 1.82) is 0 Å². The van der Waals surface area contributed by atoms with E-state index in [0.29, 0.717) is 32.4 Å². The molecule has 0 aromatic carbocycles. The van der Waals surface area contributed by atoms with Gasteiger partial charge >= 0.3 is 0 Å². The molecule has 2 rings (SSSR count). The molecule has 0 saturated carbocycles. The number of carbonyl (C=O) groups excluding carboxylic acids is 1. The zero-order valence-corrected chi connectivity index (χ0v) is 11.6. The zero-order valence-electron chi connectivity index (χ0n) is 10.8. The van der Waals surface area contributed by atoms with Gasteiger partial charge in [-0.15, -0.1) is 0 Å². The Kier molecular flexibility index (Phi) is 4.20. The Hall–Kier alpha value is -1.41. The molecule has 1 aliphatic heterocycles.